The summed E-state index contributed by atoms with van der Waals surface area (Å²) in [6.45, 7) is 6.60. The number of aliphatic carboxylic acids is 1. The van der Waals surface area contributed by atoms with Gasteiger partial charge in [0.25, 0.3) is 5.56 Å². The fourth-order valence-corrected chi connectivity index (χ4v) is 6.00. The van der Waals surface area contributed by atoms with E-state index in [1.165, 1.54) is 34.9 Å². The Morgan fingerprint density at radius 3 is 2.43 bits per heavy atom. The van der Waals surface area contributed by atoms with Gasteiger partial charge in [-0.25, -0.2) is 4.39 Å². The molecule has 1 aromatic heterocycles. The molecule has 0 bridgehead atoms. The zero-order valence-electron chi connectivity index (χ0n) is 24.5. The topological polar surface area (TPSA) is 124 Å². The largest absolute Gasteiger partial charge is 0.494 e. The summed E-state index contributed by atoms with van der Waals surface area (Å²) < 4.78 is 20.8. The summed E-state index contributed by atoms with van der Waals surface area (Å²) in [7, 11) is 0. The lowest BCUT2D eigenvalue weighted by molar-refractivity contribution is -0.148. The maximum Gasteiger partial charge on any atom is 0.324 e. The number of anilines is 1. The highest BCUT2D eigenvalue weighted by Gasteiger charge is 2.46. The quantitative estimate of drug-likeness (QED) is 0.181. The number of rotatable bonds is 13. The molecular formula is C33H40FN3O5. The number of carboxylic acids is 1. The molecule has 9 heteroatoms. The summed E-state index contributed by atoms with van der Waals surface area (Å²) in [6, 6.07) is 13.5. The molecule has 0 spiro atoms. The second-order valence-electron chi connectivity index (χ2n) is 11.6. The van der Waals surface area contributed by atoms with Crippen LogP contribution in [0.1, 0.15) is 73.9 Å². The SMILES string of the molecule is Cc1cc(C(=O)c2ccc(=O)n(-c3ccc(OCCCN[C@](CC(C)C)(C(=O)O)C4CCCC4)cc3)c2N)ccc1F. The van der Waals surface area contributed by atoms with E-state index in [1.54, 1.807) is 31.2 Å². The Morgan fingerprint density at radius 2 is 1.81 bits per heavy atom. The Balaban J connectivity index is 1.40. The fraction of sp³-hybridized carbons (Fsp3) is 0.424. The van der Waals surface area contributed by atoms with Crippen molar-refractivity contribution in [1.29, 1.82) is 0 Å². The third kappa shape index (κ3) is 6.73. The first-order valence-corrected chi connectivity index (χ1v) is 14.6. The van der Waals surface area contributed by atoms with Crippen LogP contribution in [0.4, 0.5) is 10.2 Å². The van der Waals surface area contributed by atoms with E-state index in [0.29, 0.717) is 43.0 Å². The van der Waals surface area contributed by atoms with Crippen LogP contribution in [0.5, 0.6) is 5.75 Å². The third-order valence-corrected chi connectivity index (χ3v) is 8.08. The minimum absolute atomic E-state index is 0.0141. The monoisotopic (exact) mass is 577 g/mol. The molecule has 224 valence electrons. The molecule has 1 aliphatic rings. The van der Waals surface area contributed by atoms with Gasteiger partial charge in [0.1, 0.15) is 22.9 Å². The summed E-state index contributed by atoms with van der Waals surface area (Å²) in [6.07, 6.45) is 5.24. The van der Waals surface area contributed by atoms with Crippen molar-refractivity contribution in [3.05, 3.63) is 87.5 Å². The molecule has 0 saturated heterocycles. The van der Waals surface area contributed by atoms with E-state index in [4.69, 9.17) is 10.5 Å². The Bertz CT molecular complexity index is 1480. The summed E-state index contributed by atoms with van der Waals surface area (Å²) in [4.78, 5) is 38.2. The molecular weight excluding hydrogens is 537 g/mol. The molecule has 1 fully saturated rings. The van der Waals surface area contributed by atoms with Crippen molar-refractivity contribution in [1.82, 2.24) is 9.88 Å². The van der Waals surface area contributed by atoms with Crippen LogP contribution < -0.4 is 21.3 Å². The van der Waals surface area contributed by atoms with Gasteiger partial charge in [-0.1, -0.05) is 26.7 Å². The second-order valence-corrected chi connectivity index (χ2v) is 11.6. The number of hydrogen-bond acceptors (Lipinski definition) is 6. The first-order chi connectivity index (χ1) is 20.0. The molecule has 0 aliphatic heterocycles. The van der Waals surface area contributed by atoms with Gasteiger partial charge in [-0.2, -0.15) is 0 Å². The molecule has 8 nitrogen and oxygen atoms in total. The molecule has 0 unspecified atom stereocenters. The number of halogens is 1. The van der Waals surface area contributed by atoms with Crippen molar-refractivity contribution in [2.45, 2.75) is 64.8 Å². The third-order valence-electron chi connectivity index (χ3n) is 8.08. The molecule has 1 heterocycles. The Morgan fingerprint density at radius 1 is 1.12 bits per heavy atom. The molecule has 1 atom stereocenters. The van der Waals surface area contributed by atoms with Gasteiger partial charge in [0.15, 0.2) is 5.78 Å². The molecule has 0 amide bonds. The maximum atomic E-state index is 13.7. The highest BCUT2D eigenvalue weighted by Crippen LogP contribution is 2.38. The van der Waals surface area contributed by atoms with E-state index in [0.717, 1.165) is 25.7 Å². The van der Waals surface area contributed by atoms with Crippen molar-refractivity contribution in [3.63, 3.8) is 0 Å². The Hall–Kier alpha value is -3.98. The first kappa shape index (κ1) is 31.0. The van der Waals surface area contributed by atoms with Gasteiger partial charge in [-0.05, 0) is 105 Å². The fourth-order valence-electron chi connectivity index (χ4n) is 6.00. The molecule has 42 heavy (non-hydrogen) atoms. The van der Waals surface area contributed by atoms with Crippen molar-refractivity contribution in [3.8, 4) is 11.4 Å². The van der Waals surface area contributed by atoms with Crippen molar-refractivity contribution in [2.24, 2.45) is 11.8 Å². The molecule has 4 rings (SSSR count). The van der Waals surface area contributed by atoms with Crippen molar-refractivity contribution in [2.75, 3.05) is 18.9 Å². The minimum Gasteiger partial charge on any atom is -0.494 e. The van der Waals surface area contributed by atoms with Crippen LogP contribution in [-0.2, 0) is 4.79 Å². The lowest BCUT2D eigenvalue weighted by Crippen LogP contribution is -2.58. The van der Waals surface area contributed by atoms with Crippen LogP contribution in [-0.4, -0.2) is 40.1 Å². The van der Waals surface area contributed by atoms with Crippen LogP contribution in [0.2, 0.25) is 0 Å². The second kappa shape index (κ2) is 13.3. The number of nitrogen functional groups attached to an aromatic ring is 1. The maximum absolute atomic E-state index is 13.7. The van der Waals surface area contributed by atoms with Gasteiger partial charge < -0.3 is 20.9 Å². The minimum atomic E-state index is -0.912. The molecule has 0 radical (unpaired) electrons. The number of ether oxygens (including phenoxy) is 1. The number of hydrogen-bond donors (Lipinski definition) is 3. The van der Waals surface area contributed by atoms with Crippen LogP contribution >= 0.6 is 0 Å². The predicted octanol–water partition coefficient (Wildman–Crippen LogP) is 5.52. The van der Waals surface area contributed by atoms with Crippen LogP contribution in [0.3, 0.4) is 0 Å². The van der Waals surface area contributed by atoms with E-state index in [9.17, 15) is 23.9 Å². The number of benzene rings is 2. The number of carboxylic acid groups (broad SMARTS) is 1. The Labute approximate surface area is 245 Å². The summed E-state index contributed by atoms with van der Waals surface area (Å²) >= 11 is 0. The predicted molar refractivity (Wildman–Crippen MR) is 161 cm³/mol. The van der Waals surface area contributed by atoms with Crippen LogP contribution in [0.15, 0.2) is 59.4 Å². The van der Waals surface area contributed by atoms with Gasteiger partial charge in [0, 0.05) is 11.6 Å². The average molecular weight is 578 g/mol. The number of nitrogens with two attached hydrogens (primary N) is 1. The average Bonchev–Trinajstić information content (AvgIpc) is 3.49. The van der Waals surface area contributed by atoms with E-state index >= 15 is 0 Å². The number of ketones is 1. The summed E-state index contributed by atoms with van der Waals surface area (Å²) in [5.41, 5.74) is 6.20. The molecule has 2 aromatic carbocycles. The molecule has 4 N–H and O–H groups in total. The van der Waals surface area contributed by atoms with E-state index < -0.39 is 28.7 Å². The molecule has 3 aromatic rings. The van der Waals surface area contributed by atoms with Crippen molar-refractivity contribution >= 4 is 17.6 Å². The first-order valence-electron chi connectivity index (χ1n) is 14.6. The van der Waals surface area contributed by atoms with E-state index in [-0.39, 0.29) is 28.8 Å². The number of pyridine rings is 1. The lowest BCUT2D eigenvalue weighted by Gasteiger charge is -2.37. The number of aryl methyl sites for hydroxylation is 1. The van der Waals surface area contributed by atoms with Gasteiger partial charge in [-0.3, -0.25) is 19.0 Å². The Kier molecular flexibility index (Phi) is 9.83. The number of aromatic nitrogens is 1. The van der Waals surface area contributed by atoms with Gasteiger partial charge in [0.2, 0.25) is 0 Å². The number of carbonyl (C=O) groups is 2. The molecule has 1 aliphatic carbocycles. The smallest absolute Gasteiger partial charge is 0.324 e. The van der Waals surface area contributed by atoms with Crippen LogP contribution in [0, 0.1) is 24.6 Å². The standard InChI is InChI=1S/C33H40FN3O5/c1-21(2)20-33(32(40)41,24-7-4-5-8-24)36-17-6-18-42-26-12-10-25(11-13-26)37-29(38)16-14-27(31(37)35)30(39)23-9-15-28(34)22(3)19-23/h9-16,19,21,24,36H,4-8,17-18,20,35H2,1-3H3,(H,40,41)/t33-/m0/s1. The van der Waals surface area contributed by atoms with Gasteiger partial charge >= 0.3 is 5.97 Å². The molecule has 1 saturated carbocycles. The van der Waals surface area contributed by atoms with Crippen molar-refractivity contribution < 1.29 is 23.8 Å². The highest BCUT2D eigenvalue weighted by atomic mass is 19.1. The number of carbonyl (C=O) groups excluding carboxylic acids is 1. The van der Waals surface area contributed by atoms with E-state index in [2.05, 4.69) is 19.2 Å². The number of nitrogens with one attached hydrogen (secondary N) is 1. The summed E-state index contributed by atoms with van der Waals surface area (Å²) in [5, 5.41) is 13.6. The normalized spacial score (nSPS) is 15.1. The van der Waals surface area contributed by atoms with E-state index in [1.807, 2.05) is 0 Å². The zero-order chi connectivity index (χ0) is 30.4. The zero-order valence-corrected chi connectivity index (χ0v) is 24.5. The number of nitrogens with zero attached hydrogens (tertiary/aromatic N) is 1. The van der Waals surface area contributed by atoms with Gasteiger partial charge in [0.05, 0.1) is 17.9 Å². The van der Waals surface area contributed by atoms with Crippen LogP contribution in [0.25, 0.3) is 5.69 Å². The van der Waals surface area contributed by atoms with Gasteiger partial charge in [-0.15, -0.1) is 0 Å². The summed E-state index contributed by atoms with van der Waals surface area (Å²) in [5.74, 6) is -0.626. The highest BCUT2D eigenvalue weighted by molar-refractivity contribution is 6.11. The lowest BCUT2D eigenvalue weighted by atomic mass is 9.76.